The van der Waals surface area contributed by atoms with Crippen molar-refractivity contribution in [3.63, 3.8) is 0 Å². The monoisotopic (exact) mass is 559 g/mol. The number of Topliss-reactive ketones (excluding diaryl/α,β-unsaturated/α-hetero) is 1. The van der Waals surface area contributed by atoms with Crippen molar-refractivity contribution < 1.29 is 9.53 Å². The maximum Gasteiger partial charge on any atom is 0.163 e. The lowest BCUT2D eigenvalue weighted by Crippen LogP contribution is -2.12. The molecule has 6 aromatic rings. The molecule has 0 N–H and O–H groups in total. The summed E-state index contributed by atoms with van der Waals surface area (Å²) in [5.41, 5.74) is 9.28. The van der Waals surface area contributed by atoms with Crippen LogP contribution < -0.4 is 4.90 Å². The molecular weight excluding hydrogens is 526 g/mol. The van der Waals surface area contributed by atoms with Crippen molar-refractivity contribution >= 4 is 39.2 Å². The number of nitrogens with zero attached hydrogens (tertiary/aromatic N) is 1. The summed E-state index contributed by atoms with van der Waals surface area (Å²) in [5, 5.41) is 2.13. The smallest absolute Gasteiger partial charge is 0.163 e. The lowest BCUT2D eigenvalue weighted by molar-refractivity contribution is -0.111. The third-order valence-corrected chi connectivity index (χ3v) is 7.84. The molecule has 0 saturated heterocycles. The summed E-state index contributed by atoms with van der Waals surface area (Å²) < 4.78 is 5.44. The summed E-state index contributed by atoms with van der Waals surface area (Å²) in [4.78, 5) is 14.8. The van der Waals surface area contributed by atoms with Gasteiger partial charge < -0.3 is 9.64 Å². The van der Waals surface area contributed by atoms with Gasteiger partial charge in [-0.25, -0.2) is 0 Å². The number of methoxy groups -OCH3 is 1. The second-order valence-electron chi connectivity index (χ2n) is 10.5. The van der Waals surface area contributed by atoms with E-state index in [1.165, 1.54) is 0 Å². The number of ether oxygens (including phenoxy) is 1. The molecule has 0 atom stereocenters. The molecule has 43 heavy (non-hydrogen) atoms. The third-order valence-electron chi connectivity index (χ3n) is 7.84. The lowest BCUT2D eigenvalue weighted by Gasteiger charge is -2.30. The Morgan fingerprint density at radius 2 is 1.05 bits per heavy atom. The van der Waals surface area contributed by atoms with E-state index in [-0.39, 0.29) is 5.78 Å². The highest BCUT2D eigenvalue weighted by Crippen LogP contribution is 2.45. The maximum absolute atomic E-state index is 12.5. The Balaban J connectivity index is 1.57. The zero-order valence-electron chi connectivity index (χ0n) is 24.6. The van der Waals surface area contributed by atoms with Crippen LogP contribution >= 0.6 is 0 Å². The molecule has 0 aliphatic heterocycles. The Bertz CT molecular complexity index is 1860. The summed E-state index contributed by atoms with van der Waals surface area (Å²) in [6.07, 6.45) is 0. The molecule has 0 aromatic heterocycles. The van der Waals surface area contributed by atoms with Crippen LogP contribution in [0.4, 0.5) is 17.1 Å². The molecule has 0 heterocycles. The second-order valence-corrected chi connectivity index (χ2v) is 10.5. The van der Waals surface area contributed by atoms with E-state index in [1.54, 1.807) is 14.0 Å². The van der Waals surface area contributed by atoms with Crippen LogP contribution in [0, 0.1) is 0 Å². The SMILES string of the molecule is CO/C(C)=C(\C(C)=O)c1ccc2cc(N(c3ccccc3-c3ccccc3)c3ccccc3-c3ccccc3)ccc2c1. The molecule has 0 saturated carbocycles. The molecule has 0 aliphatic rings. The molecule has 0 spiro atoms. The number of ketones is 1. The fourth-order valence-corrected chi connectivity index (χ4v) is 5.75. The van der Waals surface area contributed by atoms with Gasteiger partial charge in [0.2, 0.25) is 0 Å². The minimum Gasteiger partial charge on any atom is -0.501 e. The first kappa shape index (κ1) is 27.7. The summed E-state index contributed by atoms with van der Waals surface area (Å²) in [6.45, 7) is 3.41. The fourth-order valence-electron chi connectivity index (χ4n) is 5.75. The maximum atomic E-state index is 12.5. The predicted molar refractivity (Wildman–Crippen MR) is 180 cm³/mol. The van der Waals surface area contributed by atoms with Crippen molar-refractivity contribution in [1.29, 1.82) is 0 Å². The number of fused-ring (bicyclic) bond motifs is 1. The Labute approximate surface area is 253 Å². The lowest BCUT2D eigenvalue weighted by atomic mass is 9.96. The first-order chi connectivity index (χ1) is 21.0. The van der Waals surface area contributed by atoms with Gasteiger partial charge in [-0.05, 0) is 71.6 Å². The molecule has 0 aliphatic carbocycles. The van der Waals surface area contributed by atoms with Crippen molar-refractivity contribution in [2.75, 3.05) is 12.0 Å². The summed E-state index contributed by atoms with van der Waals surface area (Å²) in [7, 11) is 1.60. The number of carbonyl (C=O) groups is 1. The molecule has 3 heteroatoms. The van der Waals surface area contributed by atoms with Gasteiger partial charge in [0.25, 0.3) is 0 Å². The topological polar surface area (TPSA) is 29.5 Å². The Morgan fingerprint density at radius 3 is 1.58 bits per heavy atom. The second kappa shape index (κ2) is 12.2. The van der Waals surface area contributed by atoms with Crippen molar-refractivity contribution in [3.05, 3.63) is 157 Å². The number of allylic oxidation sites excluding steroid dienone is 2. The highest BCUT2D eigenvalue weighted by atomic mass is 16.5. The van der Waals surface area contributed by atoms with E-state index in [0.717, 1.165) is 55.7 Å². The minimum absolute atomic E-state index is 0.0171. The summed E-state index contributed by atoms with van der Waals surface area (Å²) in [6, 6.07) is 50.9. The highest BCUT2D eigenvalue weighted by Gasteiger charge is 2.21. The van der Waals surface area contributed by atoms with Gasteiger partial charge in [0.15, 0.2) is 5.78 Å². The average molecular weight is 560 g/mol. The molecule has 0 radical (unpaired) electrons. The Hall–Kier alpha value is -5.41. The zero-order chi connectivity index (χ0) is 29.8. The van der Waals surface area contributed by atoms with Gasteiger partial charge in [-0.15, -0.1) is 0 Å². The largest absolute Gasteiger partial charge is 0.501 e. The van der Waals surface area contributed by atoms with Gasteiger partial charge in [-0.1, -0.05) is 115 Å². The van der Waals surface area contributed by atoms with Crippen molar-refractivity contribution in [3.8, 4) is 22.3 Å². The standard InChI is InChI=1S/C40H33NO2/c1-28(42)40(29(2)43-3)34-23-22-33-27-35(25-24-32(33)26-34)41(38-20-12-10-18-36(38)30-14-6-4-7-15-30)39-21-13-11-19-37(39)31-16-8-5-9-17-31/h4-27H,1-3H3/b40-29+. The van der Waals surface area contributed by atoms with Gasteiger partial charge in [0.1, 0.15) is 5.76 Å². The Morgan fingerprint density at radius 1 is 0.558 bits per heavy atom. The van der Waals surface area contributed by atoms with E-state index < -0.39 is 0 Å². The molecule has 6 rings (SSSR count). The van der Waals surface area contributed by atoms with Crippen LogP contribution in [0.15, 0.2) is 151 Å². The normalized spacial score (nSPS) is 11.6. The van der Waals surface area contributed by atoms with E-state index in [4.69, 9.17) is 4.74 Å². The number of carbonyl (C=O) groups excluding carboxylic acids is 1. The first-order valence-corrected chi connectivity index (χ1v) is 14.4. The van der Waals surface area contributed by atoms with Crippen LogP contribution in [0.2, 0.25) is 0 Å². The zero-order valence-corrected chi connectivity index (χ0v) is 24.6. The molecular formula is C40H33NO2. The fraction of sp³-hybridized carbons (Fsp3) is 0.0750. The minimum atomic E-state index is -0.0171. The van der Waals surface area contributed by atoms with Crippen molar-refractivity contribution in [2.45, 2.75) is 13.8 Å². The van der Waals surface area contributed by atoms with Gasteiger partial charge >= 0.3 is 0 Å². The number of para-hydroxylation sites is 2. The van der Waals surface area contributed by atoms with Crippen LogP contribution in [-0.2, 0) is 9.53 Å². The number of hydrogen-bond acceptors (Lipinski definition) is 3. The van der Waals surface area contributed by atoms with Gasteiger partial charge in [0, 0.05) is 16.8 Å². The van der Waals surface area contributed by atoms with Gasteiger partial charge in [-0.3, -0.25) is 4.79 Å². The van der Waals surface area contributed by atoms with Crippen LogP contribution in [0.3, 0.4) is 0 Å². The molecule has 3 nitrogen and oxygen atoms in total. The number of hydrogen-bond donors (Lipinski definition) is 0. The number of rotatable bonds is 8. The first-order valence-electron chi connectivity index (χ1n) is 14.4. The van der Waals surface area contributed by atoms with Crippen LogP contribution in [0.5, 0.6) is 0 Å². The van der Waals surface area contributed by atoms with E-state index >= 15 is 0 Å². The van der Waals surface area contributed by atoms with E-state index in [0.29, 0.717) is 11.3 Å². The number of anilines is 3. The average Bonchev–Trinajstić information content (AvgIpc) is 3.06. The van der Waals surface area contributed by atoms with Crippen molar-refractivity contribution in [2.24, 2.45) is 0 Å². The van der Waals surface area contributed by atoms with Gasteiger partial charge in [-0.2, -0.15) is 0 Å². The molecule has 0 amide bonds. The molecule has 6 aromatic carbocycles. The van der Waals surface area contributed by atoms with E-state index in [2.05, 4.69) is 132 Å². The summed E-state index contributed by atoms with van der Waals surface area (Å²) >= 11 is 0. The molecule has 210 valence electrons. The number of benzene rings is 6. The predicted octanol–water partition coefficient (Wildman–Crippen LogP) is 10.6. The van der Waals surface area contributed by atoms with Crippen LogP contribution in [0.25, 0.3) is 38.6 Å². The van der Waals surface area contributed by atoms with Crippen LogP contribution in [0.1, 0.15) is 19.4 Å². The molecule has 0 bridgehead atoms. The molecule has 0 fully saturated rings. The van der Waals surface area contributed by atoms with Crippen molar-refractivity contribution in [1.82, 2.24) is 0 Å². The van der Waals surface area contributed by atoms with Gasteiger partial charge in [0.05, 0.1) is 24.1 Å². The quantitative estimate of drug-likeness (QED) is 0.137. The highest BCUT2D eigenvalue weighted by molar-refractivity contribution is 6.20. The molecule has 0 unspecified atom stereocenters. The van der Waals surface area contributed by atoms with E-state index in [1.807, 2.05) is 25.1 Å². The Kier molecular flexibility index (Phi) is 7.88. The van der Waals surface area contributed by atoms with E-state index in [9.17, 15) is 4.79 Å². The summed E-state index contributed by atoms with van der Waals surface area (Å²) in [5.74, 6) is 0.598. The van der Waals surface area contributed by atoms with Crippen LogP contribution in [-0.4, -0.2) is 12.9 Å². The third kappa shape index (κ3) is 5.58.